The molecule has 0 bridgehead atoms. The van der Waals surface area contributed by atoms with Crippen molar-refractivity contribution in [3.8, 4) is 5.75 Å². The van der Waals surface area contributed by atoms with Gasteiger partial charge in [0, 0.05) is 5.56 Å². The summed E-state index contributed by atoms with van der Waals surface area (Å²) in [5.41, 5.74) is 0.957. The van der Waals surface area contributed by atoms with Crippen molar-refractivity contribution in [2.24, 2.45) is 0 Å². The summed E-state index contributed by atoms with van der Waals surface area (Å²) in [5, 5.41) is 9.32. The maximum Gasteiger partial charge on any atom is 0.130 e. The zero-order valence-electron chi connectivity index (χ0n) is 7.40. The molecule has 0 radical (unpaired) electrons. The third-order valence-corrected chi connectivity index (χ3v) is 2.60. The zero-order valence-corrected chi connectivity index (χ0v) is 8.99. The summed E-state index contributed by atoms with van der Waals surface area (Å²) < 4.78 is 6.01. The van der Waals surface area contributed by atoms with Crippen molar-refractivity contribution in [2.45, 2.75) is 6.42 Å². The van der Waals surface area contributed by atoms with Gasteiger partial charge in [-0.05, 0) is 52.7 Å². The van der Waals surface area contributed by atoms with Crippen molar-refractivity contribution in [3.05, 3.63) is 46.6 Å². The Morgan fingerprint density at radius 1 is 1.36 bits per heavy atom. The first-order valence-corrected chi connectivity index (χ1v) is 5.07. The van der Waals surface area contributed by atoms with Gasteiger partial charge in [-0.2, -0.15) is 0 Å². The number of phenols is 1. The predicted octanol–water partition coefficient (Wildman–Crippen LogP) is 3.43. The third kappa shape index (κ3) is 1.82. The van der Waals surface area contributed by atoms with Crippen molar-refractivity contribution in [1.82, 2.24) is 0 Å². The molecule has 2 rings (SSSR count). The number of aromatic hydroxyl groups is 1. The molecule has 72 valence electrons. The topological polar surface area (TPSA) is 29.5 Å². The first-order chi connectivity index (χ1) is 6.77. The summed E-state index contributed by atoms with van der Waals surface area (Å²) in [7, 11) is 0. The van der Waals surface area contributed by atoms with Crippen LogP contribution in [0.5, 0.6) is 5.75 Å². The van der Waals surface area contributed by atoms with Gasteiger partial charge in [0.2, 0.25) is 0 Å². The Hall–Kier alpha value is -1.22. The molecule has 0 saturated heterocycles. The van der Waals surface area contributed by atoms with Gasteiger partial charge in [-0.15, -0.1) is 0 Å². The second kappa shape index (κ2) is 3.88. The van der Waals surface area contributed by atoms with E-state index in [9.17, 15) is 5.11 Å². The zero-order chi connectivity index (χ0) is 9.97. The molecule has 1 heterocycles. The van der Waals surface area contributed by atoms with E-state index >= 15 is 0 Å². The molecule has 1 aromatic carbocycles. The minimum absolute atomic E-state index is 0.237. The molecule has 1 aromatic rings. The summed E-state index contributed by atoms with van der Waals surface area (Å²) in [4.78, 5) is 0. The number of rotatable bonds is 1. The number of phenolic OH excluding ortho intramolecular Hbond substituents is 1. The lowest BCUT2D eigenvalue weighted by molar-refractivity contribution is 0.427. The minimum Gasteiger partial charge on any atom is -0.507 e. The fourth-order valence-electron chi connectivity index (χ4n) is 1.25. The maximum absolute atomic E-state index is 9.32. The molecule has 0 aromatic heterocycles. The Morgan fingerprint density at radius 3 is 2.86 bits per heavy atom. The van der Waals surface area contributed by atoms with E-state index in [0.29, 0.717) is 4.47 Å². The molecule has 0 unspecified atom stereocenters. The second-order valence-electron chi connectivity index (χ2n) is 2.96. The average molecular weight is 253 g/mol. The summed E-state index contributed by atoms with van der Waals surface area (Å²) in [5.74, 6) is 1.06. The van der Waals surface area contributed by atoms with E-state index in [-0.39, 0.29) is 5.75 Å². The lowest BCUT2D eigenvalue weighted by Gasteiger charge is -2.10. The Bertz CT molecular complexity index is 408. The van der Waals surface area contributed by atoms with Gasteiger partial charge in [-0.1, -0.05) is 0 Å². The van der Waals surface area contributed by atoms with E-state index in [2.05, 4.69) is 15.9 Å². The van der Waals surface area contributed by atoms with Crippen LogP contribution in [0.1, 0.15) is 12.0 Å². The molecule has 1 N–H and O–H groups in total. The van der Waals surface area contributed by atoms with E-state index in [1.807, 2.05) is 24.3 Å². The van der Waals surface area contributed by atoms with Crippen molar-refractivity contribution in [1.29, 1.82) is 0 Å². The van der Waals surface area contributed by atoms with E-state index in [1.54, 1.807) is 12.3 Å². The lowest BCUT2D eigenvalue weighted by Crippen LogP contribution is -1.90. The number of allylic oxidation sites excluding steroid dienone is 2. The van der Waals surface area contributed by atoms with Crippen molar-refractivity contribution in [3.63, 3.8) is 0 Å². The molecule has 3 heteroatoms. The van der Waals surface area contributed by atoms with Crippen LogP contribution in [0.3, 0.4) is 0 Å². The van der Waals surface area contributed by atoms with Crippen LogP contribution in [-0.4, -0.2) is 5.11 Å². The van der Waals surface area contributed by atoms with E-state index in [1.165, 1.54) is 0 Å². The predicted molar refractivity (Wildman–Crippen MR) is 58.6 cm³/mol. The highest BCUT2D eigenvalue weighted by Gasteiger charge is 2.06. The molecule has 1 aliphatic rings. The summed E-state index contributed by atoms with van der Waals surface area (Å²) in [6, 6.07) is 5.30. The van der Waals surface area contributed by atoms with E-state index in [4.69, 9.17) is 4.74 Å². The fraction of sp³-hybridized carbons (Fsp3) is 0.0909. The molecule has 0 aliphatic carbocycles. The summed E-state index contributed by atoms with van der Waals surface area (Å²) in [6.07, 6.45) is 6.50. The molecule has 0 amide bonds. The van der Waals surface area contributed by atoms with Gasteiger partial charge in [0.15, 0.2) is 0 Å². The number of ether oxygens (including phenoxy) is 1. The molecule has 14 heavy (non-hydrogen) atoms. The van der Waals surface area contributed by atoms with E-state index in [0.717, 1.165) is 17.7 Å². The molecular weight excluding hydrogens is 244 g/mol. The van der Waals surface area contributed by atoms with Gasteiger partial charge in [0.25, 0.3) is 0 Å². The highest BCUT2D eigenvalue weighted by atomic mass is 79.9. The van der Waals surface area contributed by atoms with Crippen LogP contribution in [0, 0.1) is 0 Å². The van der Waals surface area contributed by atoms with Gasteiger partial charge in [0.05, 0.1) is 10.7 Å². The molecule has 0 saturated carbocycles. The molecule has 0 spiro atoms. The van der Waals surface area contributed by atoms with Gasteiger partial charge >= 0.3 is 0 Å². The van der Waals surface area contributed by atoms with Crippen molar-refractivity contribution >= 4 is 21.7 Å². The van der Waals surface area contributed by atoms with Gasteiger partial charge in [-0.3, -0.25) is 0 Å². The van der Waals surface area contributed by atoms with Crippen LogP contribution in [0.2, 0.25) is 0 Å². The second-order valence-corrected chi connectivity index (χ2v) is 3.81. The van der Waals surface area contributed by atoms with Crippen LogP contribution in [-0.2, 0) is 4.74 Å². The first kappa shape index (κ1) is 9.34. The van der Waals surface area contributed by atoms with Gasteiger partial charge in [0.1, 0.15) is 11.5 Å². The lowest BCUT2D eigenvalue weighted by atomic mass is 10.1. The quantitative estimate of drug-likeness (QED) is 0.830. The van der Waals surface area contributed by atoms with Crippen LogP contribution in [0.15, 0.2) is 41.1 Å². The number of benzene rings is 1. The number of hydrogen-bond donors (Lipinski definition) is 1. The molecule has 0 atom stereocenters. The van der Waals surface area contributed by atoms with Crippen LogP contribution >= 0.6 is 15.9 Å². The third-order valence-electron chi connectivity index (χ3n) is 1.96. The molecular formula is C11H9BrO2. The Labute approximate surface area is 90.6 Å². The summed E-state index contributed by atoms with van der Waals surface area (Å²) >= 11 is 3.26. The Kier molecular flexibility index (Phi) is 2.59. The highest BCUT2D eigenvalue weighted by molar-refractivity contribution is 9.10. The minimum atomic E-state index is 0.237. The average Bonchev–Trinajstić information content (AvgIpc) is 2.23. The summed E-state index contributed by atoms with van der Waals surface area (Å²) in [6.45, 7) is 0. The number of halogens is 1. The molecule has 1 aliphatic heterocycles. The molecule has 2 nitrogen and oxygen atoms in total. The van der Waals surface area contributed by atoms with Crippen LogP contribution in [0.25, 0.3) is 5.76 Å². The Balaban J connectivity index is 2.33. The monoisotopic (exact) mass is 252 g/mol. The maximum atomic E-state index is 9.32. The molecule has 0 fully saturated rings. The standard InChI is InChI=1S/C11H9BrO2/c12-9-7-8(4-5-10(9)13)11-3-1-2-6-14-11/h2-7,13H,1H2. The first-order valence-electron chi connectivity index (χ1n) is 4.28. The SMILES string of the molecule is Oc1ccc(C2=CCC=CO2)cc1Br. The largest absolute Gasteiger partial charge is 0.507 e. The fourth-order valence-corrected chi connectivity index (χ4v) is 1.63. The number of hydrogen-bond acceptors (Lipinski definition) is 2. The normalized spacial score (nSPS) is 14.8. The van der Waals surface area contributed by atoms with Crippen molar-refractivity contribution in [2.75, 3.05) is 0 Å². The van der Waals surface area contributed by atoms with Gasteiger partial charge < -0.3 is 9.84 Å². The van der Waals surface area contributed by atoms with Crippen LogP contribution in [0.4, 0.5) is 0 Å². The van der Waals surface area contributed by atoms with Crippen LogP contribution < -0.4 is 0 Å². The van der Waals surface area contributed by atoms with E-state index < -0.39 is 0 Å². The smallest absolute Gasteiger partial charge is 0.130 e. The van der Waals surface area contributed by atoms with Gasteiger partial charge in [-0.25, -0.2) is 0 Å². The highest BCUT2D eigenvalue weighted by Crippen LogP contribution is 2.29. The van der Waals surface area contributed by atoms with Crippen molar-refractivity contribution < 1.29 is 9.84 Å². The Morgan fingerprint density at radius 2 is 2.21 bits per heavy atom.